The minimum atomic E-state index is -0.529. The third kappa shape index (κ3) is 1.36. The number of fused-ring (bicyclic) bond motifs is 2. The van der Waals surface area contributed by atoms with E-state index in [0.29, 0.717) is 0 Å². The molecule has 1 aliphatic carbocycles. The maximum atomic E-state index is 12.5. The SMILES string of the molecule is CN1C(=O)C(=O)C2(CCCCC2)c2ccccc21. The lowest BCUT2D eigenvalue weighted by atomic mass is 9.64. The molecule has 1 aromatic rings. The van der Waals surface area contributed by atoms with Crippen LogP contribution in [0.25, 0.3) is 0 Å². The van der Waals surface area contributed by atoms with E-state index >= 15 is 0 Å². The maximum absolute atomic E-state index is 12.5. The monoisotopic (exact) mass is 243 g/mol. The van der Waals surface area contributed by atoms with Gasteiger partial charge in [0.15, 0.2) is 0 Å². The Morgan fingerprint density at radius 2 is 1.72 bits per heavy atom. The van der Waals surface area contributed by atoms with Crippen LogP contribution in [0, 0.1) is 0 Å². The van der Waals surface area contributed by atoms with Gasteiger partial charge in [0.05, 0.1) is 5.41 Å². The van der Waals surface area contributed by atoms with Crippen LogP contribution in [0.5, 0.6) is 0 Å². The molecule has 3 rings (SSSR count). The lowest BCUT2D eigenvalue weighted by Gasteiger charge is -2.42. The maximum Gasteiger partial charge on any atom is 0.295 e. The van der Waals surface area contributed by atoms with Crippen molar-refractivity contribution in [1.29, 1.82) is 0 Å². The second kappa shape index (κ2) is 3.94. The second-order valence-corrected chi connectivity index (χ2v) is 5.35. The van der Waals surface area contributed by atoms with E-state index in [1.54, 1.807) is 7.05 Å². The van der Waals surface area contributed by atoms with Crippen LogP contribution >= 0.6 is 0 Å². The number of rotatable bonds is 0. The number of carbonyl (C=O) groups is 2. The number of amides is 1. The Hall–Kier alpha value is -1.64. The first-order valence-electron chi connectivity index (χ1n) is 6.59. The van der Waals surface area contributed by atoms with Gasteiger partial charge in [-0.2, -0.15) is 0 Å². The number of ketones is 1. The molecule has 0 unspecified atom stereocenters. The molecule has 0 bridgehead atoms. The van der Waals surface area contributed by atoms with Crippen LogP contribution in [-0.2, 0) is 15.0 Å². The first kappa shape index (κ1) is 11.5. The molecule has 1 spiro atoms. The van der Waals surface area contributed by atoms with Gasteiger partial charge in [-0.15, -0.1) is 0 Å². The van der Waals surface area contributed by atoms with Gasteiger partial charge in [0.1, 0.15) is 0 Å². The number of carbonyl (C=O) groups excluding carboxylic acids is 2. The summed E-state index contributed by atoms with van der Waals surface area (Å²) in [6.45, 7) is 0. The highest BCUT2D eigenvalue weighted by atomic mass is 16.2. The fourth-order valence-electron chi connectivity index (χ4n) is 3.41. The first-order chi connectivity index (χ1) is 8.67. The van der Waals surface area contributed by atoms with Crippen molar-refractivity contribution in [2.45, 2.75) is 37.5 Å². The number of nitrogens with zero attached hydrogens (tertiary/aromatic N) is 1. The Kier molecular flexibility index (Phi) is 2.51. The van der Waals surface area contributed by atoms with Crippen molar-refractivity contribution in [2.75, 3.05) is 11.9 Å². The Morgan fingerprint density at radius 1 is 1.06 bits per heavy atom. The molecule has 94 valence electrons. The third-order valence-electron chi connectivity index (χ3n) is 4.42. The van der Waals surface area contributed by atoms with E-state index in [4.69, 9.17) is 0 Å². The summed E-state index contributed by atoms with van der Waals surface area (Å²) in [7, 11) is 1.69. The van der Waals surface area contributed by atoms with Crippen molar-refractivity contribution in [3.63, 3.8) is 0 Å². The van der Waals surface area contributed by atoms with Gasteiger partial charge in [-0.1, -0.05) is 37.5 Å². The van der Waals surface area contributed by atoms with Crippen LogP contribution in [0.15, 0.2) is 24.3 Å². The molecule has 0 aromatic heterocycles. The van der Waals surface area contributed by atoms with E-state index in [0.717, 1.165) is 36.9 Å². The zero-order chi connectivity index (χ0) is 12.8. The Balaban J connectivity index is 2.21. The van der Waals surface area contributed by atoms with Gasteiger partial charge in [0, 0.05) is 12.7 Å². The summed E-state index contributed by atoms with van der Waals surface area (Å²) in [6.07, 6.45) is 4.89. The number of benzene rings is 1. The van der Waals surface area contributed by atoms with Crippen LogP contribution in [-0.4, -0.2) is 18.7 Å². The summed E-state index contributed by atoms with van der Waals surface area (Å²) in [5, 5.41) is 0. The summed E-state index contributed by atoms with van der Waals surface area (Å²) in [5.74, 6) is -0.556. The minimum Gasteiger partial charge on any atom is -0.309 e. The van der Waals surface area contributed by atoms with E-state index in [-0.39, 0.29) is 11.7 Å². The molecule has 0 radical (unpaired) electrons. The number of likely N-dealkylation sites (N-methyl/N-ethyl adjacent to an activating group) is 1. The predicted octanol–water partition coefficient (Wildman–Crippen LogP) is 2.43. The van der Waals surface area contributed by atoms with Gasteiger partial charge in [-0.05, 0) is 24.5 Å². The molecule has 0 N–H and O–H groups in total. The largest absolute Gasteiger partial charge is 0.309 e. The normalized spacial score (nSPS) is 22.2. The summed E-state index contributed by atoms with van der Waals surface area (Å²) in [5.41, 5.74) is 1.43. The fraction of sp³-hybridized carbons (Fsp3) is 0.467. The van der Waals surface area contributed by atoms with Gasteiger partial charge >= 0.3 is 0 Å². The number of Topliss-reactive ketones (excluding diaryl/α,β-unsaturated/α-hetero) is 1. The summed E-state index contributed by atoms with van der Waals surface area (Å²) >= 11 is 0. The summed E-state index contributed by atoms with van der Waals surface area (Å²) in [6, 6.07) is 7.85. The number of hydrogen-bond acceptors (Lipinski definition) is 2. The average molecular weight is 243 g/mol. The highest BCUT2D eigenvalue weighted by Gasteiger charge is 2.50. The van der Waals surface area contributed by atoms with Crippen molar-refractivity contribution in [2.24, 2.45) is 0 Å². The Labute approximate surface area is 107 Å². The molecule has 18 heavy (non-hydrogen) atoms. The second-order valence-electron chi connectivity index (χ2n) is 5.35. The Morgan fingerprint density at radius 3 is 2.44 bits per heavy atom. The van der Waals surface area contributed by atoms with Crippen molar-refractivity contribution < 1.29 is 9.59 Å². The Bertz CT molecular complexity index is 515. The molecular formula is C15H17NO2. The van der Waals surface area contributed by atoms with Crippen LogP contribution < -0.4 is 4.90 Å². The van der Waals surface area contributed by atoms with Crippen molar-refractivity contribution in [3.8, 4) is 0 Å². The van der Waals surface area contributed by atoms with E-state index in [1.165, 1.54) is 11.3 Å². The van der Waals surface area contributed by atoms with Crippen molar-refractivity contribution in [3.05, 3.63) is 29.8 Å². The molecule has 3 heteroatoms. The van der Waals surface area contributed by atoms with Gasteiger partial charge in [0.2, 0.25) is 5.78 Å². The van der Waals surface area contributed by atoms with E-state index < -0.39 is 5.41 Å². The molecule has 2 aliphatic rings. The quantitative estimate of drug-likeness (QED) is 0.656. The van der Waals surface area contributed by atoms with E-state index in [2.05, 4.69) is 0 Å². The molecule has 1 aromatic carbocycles. The van der Waals surface area contributed by atoms with Gasteiger partial charge in [-0.25, -0.2) is 0 Å². The summed E-state index contributed by atoms with van der Waals surface area (Å²) < 4.78 is 0. The van der Waals surface area contributed by atoms with Crippen LogP contribution in [0.1, 0.15) is 37.7 Å². The fourth-order valence-corrected chi connectivity index (χ4v) is 3.41. The number of hydrogen-bond donors (Lipinski definition) is 0. The topological polar surface area (TPSA) is 37.4 Å². The predicted molar refractivity (Wildman–Crippen MR) is 69.6 cm³/mol. The van der Waals surface area contributed by atoms with Crippen molar-refractivity contribution in [1.82, 2.24) is 0 Å². The number of para-hydroxylation sites is 1. The molecule has 0 atom stereocenters. The average Bonchev–Trinajstić information content (AvgIpc) is 2.44. The molecule has 1 fully saturated rings. The molecule has 1 saturated carbocycles. The van der Waals surface area contributed by atoms with Gasteiger partial charge < -0.3 is 4.90 Å². The van der Waals surface area contributed by atoms with E-state index in [1.807, 2.05) is 24.3 Å². The zero-order valence-corrected chi connectivity index (χ0v) is 10.6. The lowest BCUT2D eigenvalue weighted by molar-refractivity contribution is -0.141. The molecular weight excluding hydrogens is 226 g/mol. The molecule has 3 nitrogen and oxygen atoms in total. The highest BCUT2D eigenvalue weighted by molar-refractivity contribution is 6.46. The number of anilines is 1. The molecule has 1 amide bonds. The van der Waals surface area contributed by atoms with Crippen LogP contribution in [0.3, 0.4) is 0 Å². The molecule has 1 heterocycles. The summed E-state index contributed by atoms with van der Waals surface area (Å²) in [4.78, 5) is 26.1. The van der Waals surface area contributed by atoms with Crippen LogP contribution in [0.2, 0.25) is 0 Å². The highest BCUT2D eigenvalue weighted by Crippen LogP contribution is 2.46. The smallest absolute Gasteiger partial charge is 0.295 e. The van der Waals surface area contributed by atoms with Gasteiger partial charge in [-0.3, -0.25) is 9.59 Å². The standard InChI is InChI=1S/C15H17NO2/c1-16-12-8-4-3-7-11(12)15(13(17)14(16)18)9-5-2-6-10-15/h3-4,7-8H,2,5-6,9-10H2,1H3. The van der Waals surface area contributed by atoms with Crippen molar-refractivity contribution >= 4 is 17.4 Å². The zero-order valence-electron chi connectivity index (χ0n) is 10.6. The first-order valence-corrected chi connectivity index (χ1v) is 6.59. The lowest BCUT2D eigenvalue weighted by Crippen LogP contribution is -2.52. The third-order valence-corrected chi connectivity index (χ3v) is 4.42. The van der Waals surface area contributed by atoms with Gasteiger partial charge in [0.25, 0.3) is 5.91 Å². The van der Waals surface area contributed by atoms with E-state index in [9.17, 15) is 9.59 Å². The minimum absolute atomic E-state index is 0.205. The molecule has 0 saturated heterocycles. The van der Waals surface area contributed by atoms with Crippen LogP contribution in [0.4, 0.5) is 5.69 Å². The molecule has 1 aliphatic heterocycles.